The highest BCUT2D eigenvalue weighted by molar-refractivity contribution is 6.31. The molecule has 4 aromatic rings. The molecule has 5 heteroatoms. The van der Waals surface area contributed by atoms with Gasteiger partial charge >= 0.3 is 0 Å². The fourth-order valence-corrected chi connectivity index (χ4v) is 3.68. The van der Waals surface area contributed by atoms with Gasteiger partial charge < -0.3 is 14.5 Å². The minimum absolute atomic E-state index is 0.618. The smallest absolute Gasteiger partial charge is 0.143 e. The predicted octanol–water partition coefficient (Wildman–Crippen LogP) is 9.90. The van der Waals surface area contributed by atoms with E-state index in [9.17, 15) is 0 Å². The van der Waals surface area contributed by atoms with Crippen molar-refractivity contribution in [2.24, 2.45) is 0 Å². The third kappa shape index (κ3) is 7.96. The van der Waals surface area contributed by atoms with E-state index in [0.717, 1.165) is 62.8 Å². The molecule has 0 spiro atoms. The van der Waals surface area contributed by atoms with Crippen molar-refractivity contribution in [3.63, 3.8) is 0 Å². The summed E-state index contributed by atoms with van der Waals surface area (Å²) in [4.78, 5) is 15.9. The Labute approximate surface area is 221 Å². The van der Waals surface area contributed by atoms with E-state index >= 15 is 0 Å². The number of nitrogens with zero attached hydrogens (tertiary/aromatic N) is 1. The first kappa shape index (κ1) is 30.9. The van der Waals surface area contributed by atoms with Gasteiger partial charge in [-0.3, -0.25) is 0 Å². The van der Waals surface area contributed by atoms with Crippen LogP contribution in [0.2, 0.25) is 5.02 Å². The van der Waals surface area contributed by atoms with Gasteiger partial charge in [-0.1, -0.05) is 90.8 Å². The number of pyridine rings is 1. The Morgan fingerprint density at radius 3 is 2.28 bits per heavy atom. The molecule has 0 aliphatic rings. The Morgan fingerprint density at radius 2 is 1.67 bits per heavy atom. The predicted molar refractivity (Wildman–Crippen MR) is 158 cm³/mol. The van der Waals surface area contributed by atoms with Gasteiger partial charge in [0.25, 0.3) is 0 Å². The van der Waals surface area contributed by atoms with Gasteiger partial charge in [-0.25, -0.2) is 4.98 Å². The molecule has 0 aliphatic carbocycles. The zero-order chi connectivity index (χ0) is 27.1. The number of hydrogen-bond donors (Lipinski definition) is 1. The molecule has 0 saturated heterocycles. The Morgan fingerprint density at radius 1 is 1.00 bits per heavy atom. The average molecular weight is 509 g/mol. The molecular formula is C31H41ClN2O2. The van der Waals surface area contributed by atoms with Gasteiger partial charge in [0, 0.05) is 17.0 Å². The van der Waals surface area contributed by atoms with Crippen molar-refractivity contribution in [1.82, 2.24) is 9.97 Å². The summed E-state index contributed by atoms with van der Waals surface area (Å²) < 4.78 is 5.99. The van der Waals surface area contributed by atoms with Gasteiger partial charge in [-0.2, -0.15) is 0 Å². The number of hydrogen-bond acceptors (Lipinski definition) is 3. The standard InChI is InChI=1S/C24H23ClN2O.2C3H8.CH2O/c1-4-11-28-21-10-9-19(17-8-6-7-16(12-17)15(3)5-2)22-20-13-18(25)14-26-24(20)27-23(21)22;2*1-3-2;1-2/h6-10,12-14H,3-5,11H2,1-2H3,(H,26,27);2*3H2,1-2H3;1H2. The van der Waals surface area contributed by atoms with Crippen LogP contribution in [-0.2, 0) is 4.79 Å². The van der Waals surface area contributed by atoms with Crippen molar-refractivity contribution in [3.8, 4) is 16.9 Å². The number of carbonyl (C=O) groups excluding carboxylic acids is 1. The van der Waals surface area contributed by atoms with Crippen LogP contribution in [0.4, 0.5) is 0 Å². The molecule has 2 aromatic heterocycles. The van der Waals surface area contributed by atoms with Crippen LogP contribution >= 0.6 is 11.6 Å². The Kier molecular flexibility index (Phi) is 14.2. The SMILES string of the molecule is C=C(CC)c1cccc(-c2ccc(OCCC)c3[nH]c4ncc(Cl)cc4c23)c1.C=O.CCC.CCC. The quantitative estimate of drug-likeness (QED) is 0.282. The van der Waals surface area contributed by atoms with E-state index in [2.05, 4.69) is 88.4 Å². The first-order valence-corrected chi connectivity index (χ1v) is 13.1. The fourth-order valence-electron chi connectivity index (χ4n) is 3.52. The maximum absolute atomic E-state index is 8.00. The number of fused-ring (bicyclic) bond motifs is 3. The molecule has 0 atom stereocenters. The topological polar surface area (TPSA) is 55.0 Å². The molecule has 0 bridgehead atoms. The van der Waals surface area contributed by atoms with Crippen molar-refractivity contribution >= 4 is 45.9 Å². The summed E-state index contributed by atoms with van der Waals surface area (Å²) in [7, 11) is 0. The molecule has 2 heterocycles. The van der Waals surface area contributed by atoms with Gasteiger partial charge in [0.2, 0.25) is 0 Å². The van der Waals surface area contributed by atoms with Gasteiger partial charge in [-0.15, -0.1) is 0 Å². The summed E-state index contributed by atoms with van der Waals surface area (Å²) in [6.45, 7) is 19.6. The molecule has 2 aromatic carbocycles. The van der Waals surface area contributed by atoms with Gasteiger partial charge in [-0.05, 0) is 59.4 Å². The third-order valence-electron chi connectivity index (χ3n) is 5.00. The molecule has 1 N–H and O–H groups in total. The monoisotopic (exact) mass is 508 g/mol. The molecule has 0 radical (unpaired) electrons. The lowest BCUT2D eigenvalue weighted by Gasteiger charge is -2.11. The second kappa shape index (κ2) is 16.5. The van der Waals surface area contributed by atoms with E-state index in [1.54, 1.807) is 6.20 Å². The first-order valence-electron chi connectivity index (χ1n) is 12.8. The second-order valence-electron chi connectivity index (χ2n) is 8.34. The number of nitrogens with one attached hydrogen (secondary N) is 1. The molecule has 0 amide bonds. The molecule has 4 nitrogen and oxygen atoms in total. The van der Waals surface area contributed by atoms with Crippen LogP contribution in [0.15, 0.2) is 55.2 Å². The van der Waals surface area contributed by atoms with Gasteiger partial charge in [0.15, 0.2) is 0 Å². The van der Waals surface area contributed by atoms with Crippen molar-refractivity contribution in [1.29, 1.82) is 0 Å². The highest BCUT2D eigenvalue weighted by Gasteiger charge is 2.16. The van der Waals surface area contributed by atoms with Crippen LogP contribution < -0.4 is 4.74 Å². The van der Waals surface area contributed by atoms with Crippen molar-refractivity contribution in [2.45, 2.75) is 67.2 Å². The van der Waals surface area contributed by atoms with Crippen molar-refractivity contribution < 1.29 is 9.53 Å². The number of aromatic nitrogens is 2. The number of rotatable bonds is 6. The molecule has 0 aliphatic heterocycles. The lowest BCUT2D eigenvalue weighted by molar-refractivity contribution is -0.0979. The van der Waals surface area contributed by atoms with Crippen LogP contribution in [0.3, 0.4) is 0 Å². The molecular weight excluding hydrogens is 468 g/mol. The number of carbonyl (C=O) groups is 1. The minimum atomic E-state index is 0.618. The van der Waals surface area contributed by atoms with Crippen LogP contribution in [0, 0.1) is 0 Å². The zero-order valence-corrected chi connectivity index (χ0v) is 23.5. The number of benzene rings is 2. The summed E-state index contributed by atoms with van der Waals surface area (Å²) in [6.07, 6.45) is 6.04. The highest BCUT2D eigenvalue weighted by atomic mass is 35.5. The van der Waals surface area contributed by atoms with Crippen LogP contribution in [0.1, 0.15) is 72.8 Å². The van der Waals surface area contributed by atoms with Gasteiger partial charge in [0.1, 0.15) is 18.2 Å². The molecule has 4 rings (SSSR count). The Hall–Kier alpha value is -3.11. The van der Waals surface area contributed by atoms with Crippen molar-refractivity contribution in [2.75, 3.05) is 6.61 Å². The highest BCUT2D eigenvalue weighted by Crippen LogP contribution is 2.40. The number of allylic oxidation sites excluding steroid dienone is 1. The fraction of sp³-hybridized carbons (Fsp3) is 0.355. The van der Waals surface area contributed by atoms with Gasteiger partial charge in [0.05, 0.1) is 17.1 Å². The first-order chi connectivity index (χ1) is 17.4. The summed E-state index contributed by atoms with van der Waals surface area (Å²) in [6, 6.07) is 14.6. The molecule has 194 valence electrons. The largest absolute Gasteiger partial charge is 0.491 e. The Bertz CT molecular complexity index is 1230. The number of H-pyrrole nitrogens is 1. The van der Waals surface area contributed by atoms with E-state index < -0.39 is 0 Å². The maximum atomic E-state index is 8.00. The number of halogens is 1. The summed E-state index contributed by atoms with van der Waals surface area (Å²) in [5, 5.41) is 2.70. The van der Waals surface area contributed by atoms with Crippen LogP contribution in [0.5, 0.6) is 5.75 Å². The molecule has 36 heavy (non-hydrogen) atoms. The maximum Gasteiger partial charge on any atom is 0.143 e. The molecule has 0 fully saturated rings. The van der Waals surface area contributed by atoms with E-state index in [1.165, 1.54) is 12.8 Å². The molecule has 0 unspecified atom stereocenters. The lowest BCUT2D eigenvalue weighted by atomic mass is 9.95. The van der Waals surface area contributed by atoms with E-state index in [1.807, 2.05) is 18.9 Å². The second-order valence-corrected chi connectivity index (χ2v) is 8.77. The van der Waals surface area contributed by atoms with E-state index in [0.29, 0.717) is 11.6 Å². The summed E-state index contributed by atoms with van der Waals surface area (Å²) in [5.41, 5.74) is 6.32. The van der Waals surface area contributed by atoms with Crippen LogP contribution in [0.25, 0.3) is 38.6 Å². The van der Waals surface area contributed by atoms with Crippen molar-refractivity contribution in [3.05, 3.63) is 65.8 Å². The zero-order valence-electron chi connectivity index (χ0n) is 22.7. The van der Waals surface area contributed by atoms with Crippen LogP contribution in [-0.4, -0.2) is 23.4 Å². The number of ether oxygens (including phenoxy) is 1. The normalized spacial score (nSPS) is 9.86. The summed E-state index contributed by atoms with van der Waals surface area (Å²) >= 11 is 6.26. The third-order valence-corrected chi connectivity index (χ3v) is 5.21. The minimum Gasteiger partial charge on any atom is -0.491 e. The number of aromatic amines is 1. The Balaban J connectivity index is 0.000000725. The van der Waals surface area contributed by atoms with E-state index in [4.69, 9.17) is 21.1 Å². The van der Waals surface area contributed by atoms with E-state index in [-0.39, 0.29) is 0 Å². The average Bonchev–Trinajstić information content (AvgIpc) is 3.28. The molecule has 0 saturated carbocycles. The summed E-state index contributed by atoms with van der Waals surface area (Å²) in [5.74, 6) is 0.837. The lowest BCUT2D eigenvalue weighted by Crippen LogP contribution is -1.96.